The molecule has 1 amide bonds. The van der Waals surface area contributed by atoms with Gasteiger partial charge in [-0.3, -0.25) is 4.79 Å². The van der Waals surface area contributed by atoms with Crippen LogP contribution in [-0.4, -0.2) is 17.7 Å². The molecule has 1 aromatic carbocycles. The van der Waals surface area contributed by atoms with Gasteiger partial charge in [-0.1, -0.05) is 26.2 Å². The van der Waals surface area contributed by atoms with Gasteiger partial charge in [0.2, 0.25) is 5.91 Å². The molecular formula is C16H26N2OS. The predicted octanol–water partition coefficient (Wildman–Crippen LogP) is 3.75. The van der Waals surface area contributed by atoms with Crippen molar-refractivity contribution in [2.45, 2.75) is 57.4 Å². The van der Waals surface area contributed by atoms with Gasteiger partial charge in [-0.05, 0) is 44.0 Å². The van der Waals surface area contributed by atoms with Crippen LogP contribution < -0.4 is 11.1 Å². The van der Waals surface area contributed by atoms with Crippen LogP contribution in [0, 0.1) is 6.92 Å². The van der Waals surface area contributed by atoms with E-state index in [1.165, 1.54) is 19.3 Å². The normalized spacial score (nSPS) is 12.2. The summed E-state index contributed by atoms with van der Waals surface area (Å²) < 4.78 is 0. The van der Waals surface area contributed by atoms with Gasteiger partial charge in [-0.25, -0.2) is 0 Å². The summed E-state index contributed by atoms with van der Waals surface area (Å²) in [6, 6.07) is 6.06. The maximum atomic E-state index is 11.9. The van der Waals surface area contributed by atoms with Crippen molar-refractivity contribution in [3.05, 3.63) is 23.8 Å². The van der Waals surface area contributed by atoms with Crippen LogP contribution in [0.1, 0.15) is 45.1 Å². The predicted molar refractivity (Wildman–Crippen MR) is 88.1 cm³/mol. The summed E-state index contributed by atoms with van der Waals surface area (Å²) in [7, 11) is 0. The number of aryl methyl sites for hydroxylation is 1. The Bertz CT molecular complexity index is 434. The first kappa shape index (κ1) is 16.9. The van der Waals surface area contributed by atoms with Gasteiger partial charge in [0.15, 0.2) is 0 Å². The van der Waals surface area contributed by atoms with Gasteiger partial charge >= 0.3 is 0 Å². The molecule has 0 saturated carbocycles. The molecule has 0 aliphatic heterocycles. The molecule has 0 bridgehead atoms. The molecule has 3 nitrogen and oxygen atoms in total. The number of thioether (sulfide) groups is 1. The third kappa shape index (κ3) is 6.33. The maximum Gasteiger partial charge on any atom is 0.230 e. The van der Waals surface area contributed by atoms with E-state index in [2.05, 4.69) is 19.2 Å². The van der Waals surface area contributed by atoms with Gasteiger partial charge in [0.1, 0.15) is 0 Å². The molecule has 3 N–H and O–H groups in total. The minimum absolute atomic E-state index is 0.107. The fourth-order valence-electron chi connectivity index (χ4n) is 2.07. The Morgan fingerprint density at radius 2 is 2.15 bits per heavy atom. The van der Waals surface area contributed by atoms with E-state index in [0.717, 1.165) is 22.6 Å². The number of nitrogen functional groups attached to an aromatic ring is 1. The molecule has 1 unspecified atom stereocenters. The number of hydrogen-bond acceptors (Lipinski definition) is 3. The van der Waals surface area contributed by atoms with Crippen molar-refractivity contribution in [3.8, 4) is 0 Å². The topological polar surface area (TPSA) is 55.1 Å². The molecular weight excluding hydrogens is 268 g/mol. The standard InChI is InChI=1S/C16H26N2OS/c1-4-5-6-7-13(3)18-16(19)11-20-15-9-8-14(17)10-12(15)2/h8-10,13H,4-7,11,17H2,1-3H3,(H,18,19). The van der Waals surface area contributed by atoms with Crippen LogP contribution in [0.15, 0.2) is 23.1 Å². The quantitative estimate of drug-likeness (QED) is 0.436. The van der Waals surface area contributed by atoms with Crippen molar-refractivity contribution in [1.82, 2.24) is 5.32 Å². The van der Waals surface area contributed by atoms with Crippen molar-refractivity contribution in [3.63, 3.8) is 0 Å². The van der Waals surface area contributed by atoms with Gasteiger partial charge in [-0.2, -0.15) is 0 Å². The summed E-state index contributed by atoms with van der Waals surface area (Å²) in [6.45, 7) is 6.28. The van der Waals surface area contributed by atoms with Crippen molar-refractivity contribution in [2.24, 2.45) is 0 Å². The summed E-state index contributed by atoms with van der Waals surface area (Å²) in [6.07, 6.45) is 4.69. The van der Waals surface area contributed by atoms with E-state index in [0.29, 0.717) is 5.75 Å². The first-order valence-corrected chi connectivity index (χ1v) is 8.29. The van der Waals surface area contributed by atoms with Crippen LogP contribution in [0.25, 0.3) is 0 Å². The van der Waals surface area contributed by atoms with Gasteiger partial charge in [0.25, 0.3) is 0 Å². The minimum atomic E-state index is 0.107. The molecule has 4 heteroatoms. The molecule has 112 valence electrons. The molecule has 0 aliphatic carbocycles. The Balaban J connectivity index is 2.32. The summed E-state index contributed by atoms with van der Waals surface area (Å²) >= 11 is 1.57. The third-order valence-corrected chi connectivity index (χ3v) is 4.38. The number of carbonyl (C=O) groups excluding carboxylic acids is 1. The first-order chi connectivity index (χ1) is 9.52. The fourth-order valence-corrected chi connectivity index (χ4v) is 2.89. The fraction of sp³-hybridized carbons (Fsp3) is 0.562. The number of amides is 1. The lowest BCUT2D eigenvalue weighted by atomic mass is 10.1. The van der Waals surface area contributed by atoms with Gasteiger partial charge in [-0.15, -0.1) is 11.8 Å². The lowest BCUT2D eigenvalue weighted by Gasteiger charge is -2.13. The Morgan fingerprint density at radius 3 is 2.80 bits per heavy atom. The second-order valence-electron chi connectivity index (χ2n) is 5.28. The molecule has 20 heavy (non-hydrogen) atoms. The van der Waals surface area contributed by atoms with Gasteiger partial charge in [0.05, 0.1) is 5.75 Å². The smallest absolute Gasteiger partial charge is 0.230 e. The highest BCUT2D eigenvalue weighted by molar-refractivity contribution is 8.00. The Morgan fingerprint density at radius 1 is 1.40 bits per heavy atom. The van der Waals surface area contributed by atoms with E-state index in [1.807, 2.05) is 25.1 Å². The molecule has 0 spiro atoms. The zero-order chi connectivity index (χ0) is 15.0. The Hall–Kier alpha value is -1.16. The summed E-state index contributed by atoms with van der Waals surface area (Å²) in [5.41, 5.74) is 7.61. The van der Waals surface area contributed by atoms with E-state index in [9.17, 15) is 4.79 Å². The zero-order valence-corrected chi connectivity index (χ0v) is 13.6. The molecule has 0 radical (unpaired) electrons. The molecule has 1 rings (SSSR count). The minimum Gasteiger partial charge on any atom is -0.399 e. The Kier molecular flexibility index (Phi) is 7.52. The monoisotopic (exact) mass is 294 g/mol. The van der Waals surface area contributed by atoms with E-state index < -0.39 is 0 Å². The van der Waals surface area contributed by atoms with Gasteiger partial charge < -0.3 is 11.1 Å². The van der Waals surface area contributed by atoms with Crippen molar-refractivity contribution >= 4 is 23.4 Å². The van der Waals surface area contributed by atoms with Crippen molar-refractivity contribution in [1.29, 1.82) is 0 Å². The molecule has 0 aromatic heterocycles. The molecule has 1 aromatic rings. The van der Waals surface area contributed by atoms with Crippen molar-refractivity contribution in [2.75, 3.05) is 11.5 Å². The van der Waals surface area contributed by atoms with E-state index >= 15 is 0 Å². The number of unbranched alkanes of at least 4 members (excludes halogenated alkanes) is 2. The van der Waals surface area contributed by atoms with E-state index in [4.69, 9.17) is 5.73 Å². The highest BCUT2D eigenvalue weighted by atomic mass is 32.2. The second-order valence-corrected chi connectivity index (χ2v) is 6.30. The lowest BCUT2D eigenvalue weighted by Crippen LogP contribution is -2.33. The Labute approximate surface area is 126 Å². The number of benzene rings is 1. The summed E-state index contributed by atoms with van der Waals surface area (Å²) in [5, 5.41) is 3.06. The number of anilines is 1. The highest BCUT2D eigenvalue weighted by Crippen LogP contribution is 2.23. The largest absolute Gasteiger partial charge is 0.399 e. The molecule has 0 saturated heterocycles. The maximum absolute atomic E-state index is 11.9. The van der Waals surface area contributed by atoms with Crippen LogP contribution in [0.5, 0.6) is 0 Å². The van der Waals surface area contributed by atoms with Crippen LogP contribution >= 0.6 is 11.8 Å². The average molecular weight is 294 g/mol. The van der Waals surface area contributed by atoms with E-state index in [-0.39, 0.29) is 11.9 Å². The lowest BCUT2D eigenvalue weighted by molar-refractivity contribution is -0.119. The first-order valence-electron chi connectivity index (χ1n) is 7.31. The molecule has 0 heterocycles. The van der Waals surface area contributed by atoms with Gasteiger partial charge in [0, 0.05) is 16.6 Å². The van der Waals surface area contributed by atoms with Crippen LogP contribution in [0.3, 0.4) is 0 Å². The van der Waals surface area contributed by atoms with Crippen LogP contribution in [0.2, 0.25) is 0 Å². The second kappa shape index (κ2) is 8.90. The van der Waals surface area contributed by atoms with Crippen LogP contribution in [0.4, 0.5) is 5.69 Å². The molecule has 1 atom stereocenters. The number of rotatable bonds is 8. The average Bonchev–Trinajstić information content (AvgIpc) is 2.38. The third-order valence-electron chi connectivity index (χ3n) is 3.21. The van der Waals surface area contributed by atoms with Crippen LogP contribution in [-0.2, 0) is 4.79 Å². The molecule has 0 aliphatic rings. The zero-order valence-electron chi connectivity index (χ0n) is 12.7. The van der Waals surface area contributed by atoms with E-state index in [1.54, 1.807) is 11.8 Å². The highest BCUT2D eigenvalue weighted by Gasteiger charge is 2.08. The summed E-state index contributed by atoms with van der Waals surface area (Å²) in [4.78, 5) is 13.0. The number of nitrogens with two attached hydrogens (primary N) is 1. The number of hydrogen-bond donors (Lipinski definition) is 2. The number of carbonyl (C=O) groups is 1. The SMILES string of the molecule is CCCCCC(C)NC(=O)CSc1ccc(N)cc1C. The molecule has 0 fully saturated rings. The number of nitrogens with one attached hydrogen (secondary N) is 1. The summed E-state index contributed by atoms with van der Waals surface area (Å²) in [5.74, 6) is 0.568. The van der Waals surface area contributed by atoms with Crippen molar-refractivity contribution < 1.29 is 4.79 Å².